The number of ether oxygens (including phenoxy) is 1. The van der Waals surface area contributed by atoms with Gasteiger partial charge in [0.05, 0.1) is 21.5 Å². The highest BCUT2D eigenvalue weighted by atomic mass is 35.5. The normalized spacial score (nSPS) is 16.4. The third-order valence-electron chi connectivity index (χ3n) is 6.07. The number of amides is 1. The molecular weight excluding hydrogens is 528 g/mol. The Hall–Kier alpha value is -2.80. The molecule has 0 saturated heterocycles. The number of hydrogen-bond donors (Lipinski definition) is 1. The molecule has 0 fully saturated rings. The second-order valence-corrected chi connectivity index (χ2v) is 10.3. The minimum Gasteiger partial charge on any atom is -0.487 e. The van der Waals surface area contributed by atoms with Crippen LogP contribution in [0.15, 0.2) is 54.6 Å². The Bertz CT molecular complexity index is 1330. The average Bonchev–Trinajstić information content (AvgIpc) is 3.16. The first-order valence-corrected chi connectivity index (χ1v) is 12.4. The van der Waals surface area contributed by atoms with Crippen molar-refractivity contribution >= 4 is 46.7 Å². The van der Waals surface area contributed by atoms with Crippen LogP contribution in [-0.2, 0) is 24.2 Å². The van der Waals surface area contributed by atoms with Crippen molar-refractivity contribution in [3.63, 3.8) is 0 Å². The number of benzene rings is 3. The van der Waals surface area contributed by atoms with Gasteiger partial charge in [-0.3, -0.25) is 9.59 Å². The zero-order chi connectivity index (χ0) is 26.0. The lowest BCUT2D eigenvalue weighted by molar-refractivity contribution is -0.137. The molecule has 188 valence electrons. The van der Waals surface area contributed by atoms with Gasteiger partial charge < -0.3 is 14.7 Å². The van der Waals surface area contributed by atoms with E-state index in [1.807, 2.05) is 6.92 Å². The maximum atomic E-state index is 13.9. The van der Waals surface area contributed by atoms with Gasteiger partial charge in [-0.1, -0.05) is 53.0 Å². The molecule has 3 aromatic carbocycles. The zero-order valence-corrected chi connectivity index (χ0v) is 21.6. The lowest BCUT2D eigenvalue weighted by atomic mass is 9.91. The average molecular weight is 551 g/mol. The summed E-state index contributed by atoms with van der Waals surface area (Å²) in [7, 11) is 0. The van der Waals surface area contributed by atoms with E-state index in [0.29, 0.717) is 39.8 Å². The highest BCUT2D eigenvalue weighted by molar-refractivity contribution is 6.42. The number of carbonyl (C=O) groups excluding carboxylic acids is 1. The molecule has 1 atom stereocenters. The molecule has 4 rings (SSSR count). The van der Waals surface area contributed by atoms with E-state index in [4.69, 9.17) is 39.5 Å². The second-order valence-electron chi connectivity index (χ2n) is 9.06. The lowest BCUT2D eigenvalue weighted by Gasteiger charge is -2.24. The van der Waals surface area contributed by atoms with Gasteiger partial charge in [-0.2, -0.15) is 0 Å². The van der Waals surface area contributed by atoms with Gasteiger partial charge in [0, 0.05) is 31.5 Å². The van der Waals surface area contributed by atoms with E-state index in [-0.39, 0.29) is 30.4 Å². The van der Waals surface area contributed by atoms with Crippen LogP contribution in [0.3, 0.4) is 0 Å². The fourth-order valence-corrected chi connectivity index (χ4v) is 4.87. The van der Waals surface area contributed by atoms with Gasteiger partial charge >= 0.3 is 5.97 Å². The summed E-state index contributed by atoms with van der Waals surface area (Å²) in [6.45, 7) is 2.05. The second kappa shape index (κ2) is 10.7. The topological polar surface area (TPSA) is 66.8 Å². The molecule has 5 nitrogen and oxygen atoms in total. The lowest BCUT2D eigenvalue weighted by Crippen LogP contribution is -2.33. The first-order chi connectivity index (χ1) is 17.0. The van der Waals surface area contributed by atoms with Gasteiger partial charge in [0.2, 0.25) is 0 Å². The number of nitrogens with zero attached hydrogens (tertiary/aromatic N) is 1. The van der Waals surface area contributed by atoms with Crippen molar-refractivity contribution in [3.8, 4) is 5.75 Å². The number of rotatable bonds is 8. The quantitative estimate of drug-likeness (QED) is 0.333. The molecule has 1 aliphatic heterocycles. The van der Waals surface area contributed by atoms with Crippen molar-refractivity contribution in [1.29, 1.82) is 0 Å². The molecule has 1 N–H and O–H groups in total. The molecule has 0 radical (unpaired) electrons. The number of carbonyl (C=O) groups is 2. The summed E-state index contributed by atoms with van der Waals surface area (Å²) in [4.78, 5) is 26.1. The first kappa shape index (κ1) is 26.3. The van der Waals surface area contributed by atoms with E-state index < -0.39 is 17.4 Å². The van der Waals surface area contributed by atoms with Crippen LogP contribution in [0.2, 0.25) is 15.1 Å². The van der Waals surface area contributed by atoms with Crippen LogP contribution >= 0.6 is 34.8 Å². The standard InChI is InChI=1S/C27H23Cl3FNO4/c1-27(13-16-5-7-20(28)22(31)11-16)14-19-12-17(6-8-23(19)36-27)26(35)32(10-9-24(33)34)15-18-3-2-4-21(29)25(18)30/h2-8,11-12H,9-10,13-15H2,1H3,(H,33,34)/t27-/m0/s1. The van der Waals surface area contributed by atoms with E-state index >= 15 is 0 Å². The number of carboxylic acid groups (broad SMARTS) is 1. The Labute approximate surface area is 223 Å². The Balaban J connectivity index is 1.54. The molecule has 0 saturated carbocycles. The fourth-order valence-electron chi connectivity index (χ4n) is 4.38. The third-order valence-corrected chi connectivity index (χ3v) is 7.23. The Morgan fingerprint density at radius 2 is 1.86 bits per heavy atom. The van der Waals surface area contributed by atoms with Crippen molar-refractivity contribution < 1.29 is 23.8 Å². The van der Waals surface area contributed by atoms with Crippen molar-refractivity contribution in [1.82, 2.24) is 4.90 Å². The van der Waals surface area contributed by atoms with Crippen molar-refractivity contribution in [3.05, 3.63) is 97.7 Å². The fraction of sp³-hybridized carbons (Fsp3) is 0.259. The molecule has 36 heavy (non-hydrogen) atoms. The predicted octanol–water partition coefficient (Wildman–Crippen LogP) is 6.84. The molecule has 0 aromatic heterocycles. The molecule has 9 heteroatoms. The summed E-state index contributed by atoms with van der Waals surface area (Å²) in [5, 5.41) is 9.93. The largest absolute Gasteiger partial charge is 0.487 e. The molecule has 1 heterocycles. The van der Waals surface area contributed by atoms with Crippen molar-refractivity contribution in [2.45, 2.75) is 38.3 Å². The molecular formula is C27H23Cl3FNO4. The summed E-state index contributed by atoms with van der Waals surface area (Å²) < 4.78 is 20.1. The maximum Gasteiger partial charge on any atom is 0.305 e. The van der Waals surface area contributed by atoms with E-state index in [9.17, 15) is 19.1 Å². The van der Waals surface area contributed by atoms with Crippen LogP contribution in [0.5, 0.6) is 5.75 Å². The number of carboxylic acids is 1. The summed E-state index contributed by atoms with van der Waals surface area (Å²) >= 11 is 18.2. The van der Waals surface area contributed by atoms with Crippen LogP contribution in [0.4, 0.5) is 4.39 Å². The van der Waals surface area contributed by atoms with E-state index in [1.165, 1.54) is 17.0 Å². The van der Waals surface area contributed by atoms with Gasteiger partial charge in [-0.25, -0.2) is 4.39 Å². The van der Waals surface area contributed by atoms with Gasteiger partial charge in [-0.05, 0) is 60.0 Å². The number of hydrogen-bond acceptors (Lipinski definition) is 3. The Morgan fingerprint density at radius 3 is 2.58 bits per heavy atom. The summed E-state index contributed by atoms with van der Waals surface area (Å²) in [6, 6.07) is 15.0. The van der Waals surface area contributed by atoms with Gasteiger partial charge in [-0.15, -0.1) is 0 Å². The van der Waals surface area contributed by atoms with Crippen LogP contribution in [0.25, 0.3) is 0 Å². The van der Waals surface area contributed by atoms with Gasteiger partial charge in [0.1, 0.15) is 17.2 Å². The van der Waals surface area contributed by atoms with E-state index in [2.05, 4.69) is 0 Å². The molecule has 1 amide bonds. The number of halogens is 4. The molecule has 0 spiro atoms. The van der Waals surface area contributed by atoms with E-state index in [1.54, 1.807) is 42.5 Å². The summed E-state index contributed by atoms with van der Waals surface area (Å²) in [5.41, 5.74) is 2.00. The molecule has 0 aliphatic carbocycles. The summed E-state index contributed by atoms with van der Waals surface area (Å²) in [5.74, 6) is -1.17. The zero-order valence-electron chi connectivity index (χ0n) is 19.4. The minimum atomic E-state index is -1.01. The SMILES string of the molecule is C[C@]1(Cc2ccc(Cl)c(F)c2)Cc2cc(C(=O)N(CCC(=O)O)Cc3cccc(Cl)c3Cl)ccc2O1. The number of fused-ring (bicyclic) bond motifs is 1. The van der Waals surface area contributed by atoms with Crippen LogP contribution in [0.1, 0.15) is 40.4 Å². The maximum absolute atomic E-state index is 13.9. The van der Waals surface area contributed by atoms with E-state index in [0.717, 1.165) is 11.1 Å². The molecule has 0 bridgehead atoms. The summed E-state index contributed by atoms with van der Waals surface area (Å²) in [6.07, 6.45) is 0.758. The van der Waals surface area contributed by atoms with Crippen LogP contribution < -0.4 is 4.74 Å². The van der Waals surface area contributed by atoms with Crippen molar-refractivity contribution in [2.75, 3.05) is 6.54 Å². The smallest absolute Gasteiger partial charge is 0.305 e. The Morgan fingerprint density at radius 1 is 1.08 bits per heavy atom. The molecule has 1 aliphatic rings. The van der Waals surface area contributed by atoms with Crippen molar-refractivity contribution in [2.24, 2.45) is 0 Å². The highest BCUT2D eigenvalue weighted by Gasteiger charge is 2.36. The third kappa shape index (κ3) is 5.94. The Kier molecular flexibility index (Phi) is 7.79. The predicted molar refractivity (Wildman–Crippen MR) is 138 cm³/mol. The minimum absolute atomic E-state index is 0.00440. The number of aliphatic carboxylic acids is 1. The van der Waals surface area contributed by atoms with Crippen LogP contribution in [-0.4, -0.2) is 34.0 Å². The molecule has 3 aromatic rings. The molecule has 0 unspecified atom stereocenters. The first-order valence-electron chi connectivity index (χ1n) is 11.2. The van der Waals surface area contributed by atoms with Gasteiger partial charge in [0.15, 0.2) is 0 Å². The van der Waals surface area contributed by atoms with Gasteiger partial charge in [0.25, 0.3) is 5.91 Å². The van der Waals surface area contributed by atoms with Crippen LogP contribution in [0, 0.1) is 5.82 Å². The highest BCUT2D eigenvalue weighted by Crippen LogP contribution is 2.38. The monoisotopic (exact) mass is 549 g/mol.